The van der Waals surface area contributed by atoms with Crippen molar-refractivity contribution in [3.05, 3.63) is 29.6 Å². The van der Waals surface area contributed by atoms with Crippen LogP contribution in [-0.4, -0.2) is 36.3 Å². The second-order valence-electron chi connectivity index (χ2n) is 5.35. The third kappa shape index (κ3) is 3.30. The molecule has 0 bridgehead atoms. The van der Waals surface area contributed by atoms with Crippen LogP contribution in [0.3, 0.4) is 0 Å². The van der Waals surface area contributed by atoms with Gasteiger partial charge >= 0.3 is 0 Å². The van der Waals surface area contributed by atoms with Crippen LogP contribution in [0, 0.1) is 5.82 Å². The molecule has 0 saturated carbocycles. The molecule has 0 amide bonds. The number of sulfonamides is 1. The van der Waals surface area contributed by atoms with Crippen LogP contribution in [0.1, 0.15) is 19.4 Å². The van der Waals surface area contributed by atoms with Crippen molar-refractivity contribution in [3.63, 3.8) is 0 Å². The van der Waals surface area contributed by atoms with Crippen LogP contribution in [0.4, 0.5) is 4.39 Å². The van der Waals surface area contributed by atoms with Crippen LogP contribution in [0.15, 0.2) is 23.1 Å². The van der Waals surface area contributed by atoms with Crippen molar-refractivity contribution in [2.75, 3.05) is 18.8 Å². The van der Waals surface area contributed by atoms with Gasteiger partial charge in [0.1, 0.15) is 10.7 Å². The third-order valence-corrected chi connectivity index (χ3v) is 6.64. The molecule has 0 N–H and O–H groups in total. The molecule has 0 atom stereocenters. The lowest BCUT2D eigenvalue weighted by atomic mass is 10.2. The number of alkyl halides is 1. The number of halogens is 2. The van der Waals surface area contributed by atoms with Gasteiger partial charge in [0, 0.05) is 29.5 Å². The quantitative estimate of drug-likeness (QED) is 0.795. The van der Waals surface area contributed by atoms with E-state index < -0.39 is 15.8 Å². The Balaban J connectivity index is 2.35. The Hall–Kier alpha value is -0.300. The predicted octanol–water partition coefficient (Wildman–Crippen LogP) is 3.08. The smallest absolute Gasteiger partial charge is 0.207 e. The zero-order chi connectivity index (χ0) is 15.0. The summed E-state index contributed by atoms with van der Waals surface area (Å²) in [4.78, 5) is -0.269. The van der Waals surface area contributed by atoms with E-state index in [2.05, 4.69) is 0 Å². The molecule has 0 unspecified atom stereocenters. The summed E-state index contributed by atoms with van der Waals surface area (Å²) in [6, 6.07) is 4.04. The molecule has 1 saturated heterocycles. The van der Waals surface area contributed by atoms with Gasteiger partial charge in [-0.25, -0.2) is 12.8 Å². The minimum atomic E-state index is -3.79. The molecule has 1 fully saturated rings. The molecule has 1 heterocycles. The van der Waals surface area contributed by atoms with Crippen LogP contribution >= 0.6 is 23.4 Å². The largest absolute Gasteiger partial charge is 0.246 e. The Bertz CT molecular complexity index is 604. The Morgan fingerprint density at radius 1 is 1.45 bits per heavy atom. The Kier molecular flexibility index (Phi) is 4.69. The van der Waals surface area contributed by atoms with Crippen molar-refractivity contribution >= 4 is 33.4 Å². The molecule has 0 spiro atoms. The number of nitrogens with zero attached hydrogens (tertiary/aromatic N) is 1. The molecule has 3 nitrogen and oxygen atoms in total. The maximum Gasteiger partial charge on any atom is 0.246 e. The van der Waals surface area contributed by atoms with E-state index in [0.717, 1.165) is 0 Å². The Morgan fingerprint density at radius 2 is 2.15 bits per heavy atom. The van der Waals surface area contributed by atoms with Gasteiger partial charge in [-0.15, -0.1) is 11.6 Å². The highest BCUT2D eigenvalue weighted by Gasteiger charge is 2.35. The minimum Gasteiger partial charge on any atom is -0.207 e. The number of benzene rings is 1. The molecule has 7 heteroatoms. The summed E-state index contributed by atoms with van der Waals surface area (Å²) in [5.74, 6) is 0.136. The van der Waals surface area contributed by atoms with E-state index in [4.69, 9.17) is 11.6 Å². The molecule has 112 valence electrons. The second kappa shape index (κ2) is 5.83. The maximum absolute atomic E-state index is 14.0. The highest BCUT2D eigenvalue weighted by Crippen LogP contribution is 2.33. The molecule has 0 aromatic heterocycles. The van der Waals surface area contributed by atoms with Crippen molar-refractivity contribution in [3.8, 4) is 0 Å². The summed E-state index contributed by atoms with van der Waals surface area (Å²) in [5, 5.41) is 0. The maximum atomic E-state index is 14.0. The third-order valence-electron chi connectivity index (χ3n) is 3.16. The van der Waals surface area contributed by atoms with Crippen LogP contribution < -0.4 is 0 Å². The zero-order valence-corrected chi connectivity index (χ0v) is 13.8. The van der Waals surface area contributed by atoms with Crippen molar-refractivity contribution in [2.45, 2.75) is 29.4 Å². The molecule has 0 aliphatic carbocycles. The van der Waals surface area contributed by atoms with Crippen molar-refractivity contribution in [1.82, 2.24) is 4.31 Å². The van der Waals surface area contributed by atoms with Gasteiger partial charge in [-0.1, -0.05) is 6.07 Å². The van der Waals surface area contributed by atoms with Gasteiger partial charge < -0.3 is 0 Å². The Labute approximate surface area is 128 Å². The van der Waals surface area contributed by atoms with Gasteiger partial charge in [-0.2, -0.15) is 16.1 Å². The lowest BCUT2D eigenvalue weighted by molar-refractivity contribution is 0.385. The zero-order valence-electron chi connectivity index (χ0n) is 11.4. The molecule has 0 radical (unpaired) electrons. The van der Waals surface area contributed by atoms with Gasteiger partial charge in [0.05, 0.1) is 0 Å². The van der Waals surface area contributed by atoms with E-state index in [1.54, 1.807) is 17.8 Å². The van der Waals surface area contributed by atoms with Crippen molar-refractivity contribution < 1.29 is 12.8 Å². The molecular formula is C13H17ClFNO2S2. The SMILES string of the molecule is CC1(C)CN(S(=O)(=O)c2ccc(CCl)cc2F)CCS1. The highest BCUT2D eigenvalue weighted by molar-refractivity contribution is 8.00. The van der Waals surface area contributed by atoms with Gasteiger partial charge in [-0.3, -0.25) is 0 Å². The van der Waals surface area contributed by atoms with Crippen LogP contribution in [0.25, 0.3) is 0 Å². The normalized spacial score (nSPS) is 20.0. The van der Waals surface area contributed by atoms with E-state index in [-0.39, 0.29) is 15.5 Å². The molecule has 2 rings (SSSR count). The summed E-state index contributed by atoms with van der Waals surface area (Å²) in [7, 11) is -3.79. The summed E-state index contributed by atoms with van der Waals surface area (Å²) < 4.78 is 40.3. The topological polar surface area (TPSA) is 37.4 Å². The first kappa shape index (κ1) is 16.1. The first-order valence-electron chi connectivity index (χ1n) is 6.25. The molecular weight excluding hydrogens is 321 g/mol. The summed E-state index contributed by atoms with van der Waals surface area (Å²) in [5.41, 5.74) is 0.567. The average molecular weight is 338 g/mol. The fourth-order valence-corrected chi connectivity index (χ4v) is 5.28. The number of thioether (sulfide) groups is 1. The summed E-state index contributed by atoms with van der Waals surface area (Å²) in [6.07, 6.45) is 0. The van der Waals surface area contributed by atoms with E-state index >= 15 is 0 Å². The lowest BCUT2D eigenvalue weighted by Gasteiger charge is -2.36. The van der Waals surface area contributed by atoms with Crippen molar-refractivity contribution in [1.29, 1.82) is 0 Å². The molecule has 1 aromatic carbocycles. The van der Waals surface area contributed by atoms with Gasteiger partial charge in [0.2, 0.25) is 10.0 Å². The predicted molar refractivity (Wildman–Crippen MR) is 81.3 cm³/mol. The molecule has 20 heavy (non-hydrogen) atoms. The molecule has 1 aromatic rings. The summed E-state index contributed by atoms with van der Waals surface area (Å²) in [6.45, 7) is 4.78. The number of hydrogen-bond acceptors (Lipinski definition) is 3. The van der Waals surface area contributed by atoms with E-state index in [1.165, 1.54) is 16.4 Å². The summed E-state index contributed by atoms with van der Waals surface area (Å²) >= 11 is 7.35. The second-order valence-corrected chi connectivity index (χ2v) is 9.32. The average Bonchev–Trinajstić information content (AvgIpc) is 2.37. The van der Waals surface area contributed by atoms with Crippen LogP contribution in [0.5, 0.6) is 0 Å². The fourth-order valence-electron chi connectivity index (χ4n) is 2.15. The molecule has 1 aliphatic rings. The monoisotopic (exact) mass is 337 g/mol. The highest BCUT2D eigenvalue weighted by atomic mass is 35.5. The van der Waals surface area contributed by atoms with E-state index in [0.29, 0.717) is 24.4 Å². The van der Waals surface area contributed by atoms with Crippen LogP contribution in [0.2, 0.25) is 0 Å². The van der Waals surface area contributed by atoms with Gasteiger partial charge in [-0.05, 0) is 31.5 Å². The number of rotatable bonds is 3. The minimum absolute atomic E-state index is 0.155. The van der Waals surface area contributed by atoms with Crippen molar-refractivity contribution in [2.24, 2.45) is 0 Å². The first-order valence-corrected chi connectivity index (χ1v) is 9.21. The van der Waals surface area contributed by atoms with Crippen LogP contribution in [-0.2, 0) is 15.9 Å². The Morgan fingerprint density at radius 3 is 2.70 bits per heavy atom. The van der Waals surface area contributed by atoms with Gasteiger partial charge in [0.15, 0.2) is 0 Å². The number of hydrogen-bond donors (Lipinski definition) is 0. The standard InChI is InChI=1S/C13H17ClFNO2S2/c1-13(2)9-16(5-6-19-13)20(17,18)12-4-3-10(8-14)7-11(12)15/h3-4,7H,5-6,8-9H2,1-2H3. The molecule has 1 aliphatic heterocycles. The van der Waals surface area contributed by atoms with E-state index in [9.17, 15) is 12.8 Å². The fraction of sp³-hybridized carbons (Fsp3) is 0.538. The first-order chi connectivity index (χ1) is 9.26. The van der Waals surface area contributed by atoms with E-state index in [1.807, 2.05) is 13.8 Å². The van der Waals surface area contributed by atoms with Gasteiger partial charge in [0.25, 0.3) is 0 Å². The lowest BCUT2D eigenvalue weighted by Crippen LogP contribution is -2.46.